The van der Waals surface area contributed by atoms with Gasteiger partial charge >= 0.3 is 5.76 Å². The second-order valence-corrected chi connectivity index (χ2v) is 7.00. The fourth-order valence-corrected chi connectivity index (χ4v) is 2.77. The molecule has 0 unspecified atom stereocenters. The number of hydrogen-bond acceptors (Lipinski definition) is 3. The SMILES string of the molecule is O=S(=O)(c1ccc(NCC2(CCl)CC2)cc1)C(F)F. The zero-order valence-electron chi connectivity index (χ0n) is 10.1. The molecule has 0 aromatic heterocycles. The van der Waals surface area contributed by atoms with Crippen molar-refractivity contribution < 1.29 is 17.2 Å². The lowest BCUT2D eigenvalue weighted by Gasteiger charge is -2.13. The van der Waals surface area contributed by atoms with Gasteiger partial charge in [-0.05, 0) is 37.1 Å². The van der Waals surface area contributed by atoms with Gasteiger partial charge in [0.2, 0.25) is 9.84 Å². The lowest BCUT2D eigenvalue weighted by molar-refractivity contribution is 0.234. The van der Waals surface area contributed by atoms with Crippen molar-refractivity contribution in [2.75, 3.05) is 17.7 Å². The van der Waals surface area contributed by atoms with E-state index in [-0.39, 0.29) is 10.3 Å². The maximum Gasteiger partial charge on any atom is 0.341 e. The first-order valence-electron chi connectivity index (χ1n) is 5.82. The van der Waals surface area contributed by atoms with Crippen LogP contribution < -0.4 is 5.32 Å². The minimum atomic E-state index is -4.51. The summed E-state index contributed by atoms with van der Waals surface area (Å²) in [6.07, 6.45) is 2.14. The molecule has 1 saturated carbocycles. The average molecular weight is 310 g/mol. The van der Waals surface area contributed by atoms with E-state index in [1.165, 1.54) is 24.3 Å². The van der Waals surface area contributed by atoms with Gasteiger partial charge in [-0.3, -0.25) is 0 Å². The molecule has 0 bridgehead atoms. The molecule has 1 fully saturated rings. The van der Waals surface area contributed by atoms with Crippen LogP contribution in [0.4, 0.5) is 14.5 Å². The van der Waals surface area contributed by atoms with E-state index in [9.17, 15) is 17.2 Å². The van der Waals surface area contributed by atoms with Crippen LogP contribution in [0.1, 0.15) is 12.8 Å². The molecule has 1 aromatic rings. The molecule has 1 aliphatic rings. The van der Waals surface area contributed by atoms with Gasteiger partial charge in [0.15, 0.2) is 0 Å². The van der Waals surface area contributed by atoms with Crippen molar-refractivity contribution in [1.29, 1.82) is 0 Å². The minimum absolute atomic E-state index is 0.134. The molecule has 106 valence electrons. The standard InChI is InChI=1S/C12H14ClF2NO2S/c13-7-12(5-6-12)8-16-9-1-3-10(4-2-9)19(17,18)11(14)15/h1-4,11,16H,5-8H2. The average Bonchev–Trinajstić information content (AvgIpc) is 3.17. The van der Waals surface area contributed by atoms with Gasteiger partial charge in [0.1, 0.15) is 0 Å². The number of sulfone groups is 1. The molecule has 7 heteroatoms. The maximum absolute atomic E-state index is 12.3. The number of benzene rings is 1. The smallest absolute Gasteiger partial charge is 0.341 e. The van der Waals surface area contributed by atoms with Crippen LogP contribution in [0.3, 0.4) is 0 Å². The predicted octanol–water partition coefficient (Wildman–Crippen LogP) is 3.11. The molecule has 19 heavy (non-hydrogen) atoms. The van der Waals surface area contributed by atoms with E-state index < -0.39 is 15.6 Å². The van der Waals surface area contributed by atoms with E-state index >= 15 is 0 Å². The Balaban J connectivity index is 2.03. The number of anilines is 1. The Bertz CT molecular complexity index is 541. The second-order valence-electron chi connectivity index (χ2n) is 4.82. The summed E-state index contributed by atoms with van der Waals surface area (Å²) in [5, 5.41) is 3.14. The molecule has 3 nitrogen and oxygen atoms in total. The Morgan fingerprint density at radius 1 is 1.26 bits per heavy atom. The fraction of sp³-hybridized carbons (Fsp3) is 0.500. The Morgan fingerprint density at radius 3 is 2.26 bits per heavy atom. The summed E-state index contributed by atoms with van der Waals surface area (Å²) in [6.45, 7) is 0.706. The Kier molecular flexibility index (Phi) is 4.01. The lowest BCUT2D eigenvalue weighted by atomic mass is 10.1. The molecule has 1 aromatic carbocycles. The van der Waals surface area contributed by atoms with Gasteiger partial charge in [-0.25, -0.2) is 8.42 Å². The second kappa shape index (κ2) is 5.25. The molecular formula is C12H14ClF2NO2S. The van der Waals surface area contributed by atoms with Crippen LogP contribution in [0.25, 0.3) is 0 Å². The summed E-state index contributed by atoms with van der Waals surface area (Å²) in [7, 11) is -4.51. The van der Waals surface area contributed by atoms with E-state index in [1.807, 2.05) is 0 Å². The summed E-state index contributed by atoms with van der Waals surface area (Å²) in [5.74, 6) is -2.81. The third-order valence-corrected chi connectivity index (χ3v) is 5.29. The minimum Gasteiger partial charge on any atom is -0.384 e. The monoisotopic (exact) mass is 309 g/mol. The van der Waals surface area contributed by atoms with Crippen LogP contribution in [-0.4, -0.2) is 26.6 Å². The van der Waals surface area contributed by atoms with Crippen molar-refractivity contribution in [2.24, 2.45) is 5.41 Å². The Hall–Kier alpha value is -0.880. The Labute approximate surface area is 115 Å². The van der Waals surface area contributed by atoms with Gasteiger partial charge in [0, 0.05) is 23.5 Å². The van der Waals surface area contributed by atoms with Crippen molar-refractivity contribution in [1.82, 2.24) is 0 Å². The number of hydrogen-bond donors (Lipinski definition) is 1. The van der Waals surface area contributed by atoms with Gasteiger partial charge in [0.25, 0.3) is 0 Å². The first-order chi connectivity index (χ1) is 8.89. The number of halogens is 3. The van der Waals surface area contributed by atoms with Crippen LogP contribution in [0, 0.1) is 5.41 Å². The zero-order chi connectivity index (χ0) is 14.1. The summed E-state index contributed by atoms with van der Waals surface area (Å²) < 4.78 is 47.1. The first-order valence-corrected chi connectivity index (χ1v) is 7.90. The molecule has 0 atom stereocenters. The number of rotatable bonds is 6. The third-order valence-electron chi connectivity index (χ3n) is 3.33. The van der Waals surface area contributed by atoms with Gasteiger partial charge in [-0.15, -0.1) is 11.6 Å². The predicted molar refractivity (Wildman–Crippen MR) is 70.5 cm³/mol. The highest BCUT2D eigenvalue weighted by molar-refractivity contribution is 7.91. The maximum atomic E-state index is 12.3. The molecule has 0 spiro atoms. The molecule has 0 radical (unpaired) electrons. The summed E-state index contributed by atoms with van der Waals surface area (Å²) in [5.41, 5.74) is 0.833. The van der Waals surface area contributed by atoms with E-state index in [0.29, 0.717) is 18.1 Å². The third kappa shape index (κ3) is 3.17. The van der Waals surface area contributed by atoms with Gasteiger partial charge in [0.05, 0.1) is 4.90 Å². The molecular weight excluding hydrogens is 296 g/mol. The van der Waals surface area contributed by atoms with Crippen LogP contribution in [0.2, 0.25) is 0 Å². The molecule has 0 saturated heterocycles. The summed E-state index contributed by atoms with van der Waals surface area (Å²) in [6, 6.07) is 5.34. The summed E-state index contributed by atoms with van der Waals surface area (Å²) >= 11 is 5.84. The van der Waals surface area contributed by atoms with Crippen LogP contribution in [0.15, 0.2) is 29.2 Å². The van der Waals surface area contributed by atoms with E-state index in [0.717, 1.165) is 12.8 Å². The highest BCUT2D eigenvalue weighted by Crippen LogP contribution is 2.46. The fourth-order valence-electron chi connectivity index (χ4n) is 1.69. The van der Waals surface area contributed by atoms with Crippen LogP contribution in [0.5, 0.6) is 0 Å². The molecule has 0 aliphatic heterocycles. The van der Waals surface area contributed by atoms with Crippen LogP contribution >= 0.6 is 11.6 Å². The largest absolute Gasteiger partial charge is 0.384 e. The quantitative estimate of drug-likeness (QED) is 0.821. The van der Waals surface area contributed by atoms with Gasteiger partial charge in [-0.1, -0.05) is 0 Å². The molecule has 1 N–H and O–H groups in total. The van der Waals surface area contributed by atoms with E-state index in [2.05, 4.69) is 5.32 Å². The van der Waals surface area contributed by atoms with E-state index in [4.69, 9.17) is 11.6 Å². The first kappa shape index (κ1) is 14.5. The highest BCUT2D eigenvalue weighted by Gasteiger charge is 2.41. The molecule has 0 heterocycles. The normalized spacial score (nSPS) is 17.5. The van der Waals surface area contributed by atoms with Crippen molar-refractivity contribution in [3.63, 3.8) is 0 Å². The Morgan fingerprint density at radius 2 is 1.84 bits per heavy atom. The van der Waals surface area contributed by atoms with Gasteiger partial charge in [-0.2, -0.15) is 8.78 Å². The highest BCUT2D eigenvalue weighted by atomic mass is 35.5. The topological polar surface area (TPSA) is 46.2 Å². The number of alkyl halides is 3. The van der Waals surface area contributed by atoms with Crippen molar-refractivity contribution in [2.45, 2.75) is 23.5 Å². The lowest BCUT2D eigenvalue weighted by Crippen LogP contribution is -2.17. The van der Waals surface area contributed by atoms with Crippen molar-refractivity contribution in [3.05, 3.63) is 24.3 Å². The van der Waals surface area contributed by atoms with Crippen molar-refractivity contribution >= 4 is 27.1 Å². The zero-order valence-corrected chi connectivity index (χ0v) is 11.6. The molecule has 2 rings (SSSR count). The van der Waals surface area contributed by atoms with Crippen molar-refractivity contribution in [3.8, 4) is 0 Å². The van der Waals surface area contributed by atoms with Crippen LogP contribution in [-0.2, 0) is 9.84 Å². The van der Waals surface area contributed by atoms with E-state index in [1.54, 1.807) is 0 Å². The van der Waals surface area contributed by atoms with Gasteiger partial charge < -0.3 is 5.32 Å². The molecule has 0 amide bonds. The molecule has 1 aliphatic carbocycles. The number of nitrogens with one attached hydrogen (secondary N) is 1. The summed E-state index contributed by atoms with van der Waals surface area (Å²) in [4.78, 5) is -0.369.